The molecule has 90 valence electrons. The number of aliphatic hydroxyl groups is 1. The van der Waals surface area contributed by atoms with Gasteiger partial charge < -0.3 is 10.8 Å². The van der Waals surface area contributed by atoms with Crippen LogP contribution in [0.2, 0.25) is 0 Å². The van der Waals surface area contributed by atoms with Crippen molar-refractivity contribution in [1.29, 1.82) is 0 Å². The van der Waals surface area contributed by atoms with Crippen LogP contribution in [0, 0.1) is 0 Å². The molecule has 1 aromatic rings. The van der Waals surface area contributed by atoms with E-state index in [9.17, 15) is 0 Å². The Balaban J connectivity index is 2.77. The fourth-order valence-corrected chi connectivity index (χ4v) is 1.91. The average molecular weight is 223 g/mol. The Morgan fingerprint density at radius 1 is 1.50 bits per heavy atom. The summed E-state index contributed by atoms with van der Waals surface area (Å²) in [5.41, 5.74) is 6.93. The van der Waals surface area contributed by atoms with Crippen LogP contribution in [0.1, 0.15) is 24.9 Å². The van der Waals surface area contributed by atoms with Crippen LogP contribution >= 0.6 is 0 Å². The van der Waals surface area contributed by atoms with E-state index in [-0.39, 0.29) is 12.6 Å². The van der Waals surface area contributed by atoms with E-state index in [1.807, 2.05) is 18.3 Å². The zero-order valence-corrected chi connectivity index (χ0v) is 9.84. The maximum atomic E-state index is 9.06. The Bertz CT molecular complexity index is 273. The predicted molar refractivity (Wildman–Crippen MR) is 65.0 cm³/mol. The Hall–Kier alpha value is -0.970. The van der Waals surface area contributed by atoms with Crippen molar-refractivity contribution in [2.45, 2.75) is 19.4 Å². The van der Waals surface area contributed by atoms with Crippen molar-refractivity contribution in [2.75, 3.05) is 26.2 Å². The van der Waals surface area contributed by atoms with Crippen molar-refractivity contribution in [3.63, 3.8) is 0 Å². The van der Waals surface area contributed by atoms with Crippen molar-refractivity contribution >= 4 is 0 Å². The first kappa shape index (κ1) is 13.1. The third-order valence-corrected chi connectivity index (χ3v) is 2.63. The fraction of sp³-hybridized carbons (Fsp3) is 0.583. The maximum absolute atomic E-state index is 9.06. The van der Waals surface area contributed by atoms with Gasteiger partial charge in [0.15, 0.2) is 0 Å². The van der Waals surface area contributed by atoms with Gasteiger partial charge in [-0.15, -0.1) is 0 Å². The van der Waals surface area contributed by atoms with E-state index >= 15 is 0 Å². The number of aromatic nitrogens is 1. The standard InChI is InChI=1S/C12H21N3O/c1-2-6-15(7-8-16)12(9-13)11-4-3-5-14-10-11/h3-5,10,12,16H,2,6-9,13H2,1H3. The molecule has 0 aromatic carbocycles. The minimum absolute atomic E-state index is 0.154. The number of pyridine rings is 1. The molecule has 0 aliphatic heterocycles. The lowest BCUT2D eigenvalue weighted by atomic mass is 10.1. The molecule has 1 rings (SSSR count). The number of hydrogen-bond acceptors (Lipinski definition) is 4. The topological polar surface area (TPSA) is 62.4 Å². The number of rotatable bonds is 7. The lowest BCUT2D eigenvalue weighted by Gasteiger charge is -2.30. The lowest BCUT2D eigenvalue weighted by Crippen LogP contribution is -2.36. The first-order valence-corrected chi connectivity index (χ1v) is 5.78. The number of nitrogens with two attached hydrogens (primary N) is 1. The van der Waals surface area contributed by atoms with E-state index in [2.05, 4.69) is 16.8 Å². The summed E-state index contributed by atoms with van der Waals surface area (Å²) in [6, 6.07) is 4.10. The second-order valence-electron chi connectivity index (χ2n) is 3.80. The first-order valence-electron chi connectivity index (χ1n) is 5.78. The van der Waals surface area contributed by atoms with E-state index in [1.54, 1.807) is 6.20 Å². The molecule has 4 heteroatoms. The minimum Gasteiger partial charge on any atom is -0.395 e. The lowest BCUT2D eigenvalue weighted by molar-refractivity contribution is 0.153. The second-order valence-corrected chi connectivity index (χ2v) is 3.80. The molecule has 0 fully saturated rings. The van der Waals surface area contributed by atoms with Crippen LogP contribution in [0.25, 0.3) is 0 Å². The van der Waals surface area contributed by atoms with Gasteiger partial charge in [0.1, 0.15) is 0 Å². The normalized spacial score (nSPS) is 13.0. The van der Waals surface area contributed by atoms with Crippen LogP contribution in [0.5, 0.6) is 0 Å². The van der Waals surface area contributed by atoms with E-state index in [0.717, 1.165) is 18.5 Å². The van der Waals surface area contributed by atoms with Crippen LogP contribution < -0.4 is 5.73 Å². The molecule has 0 radical (unpaired) electrons. The molecule has 4 nitrogen and oxygen atoms in total. The Kier molecular flexibility index (Phi) is 6.00. The average Bonchev–Trinajstić information content (AvgIpc) is 2.32. The first-order chi connectivity index (χ1) is 7.83. The van der Waals surface area contributed by atoms with Crippen LogP contribution in [0.3, 0.4) is 0 Å². The van der Waals surface area contributed by atoms with Gasteiger partial charge in [0.2, 0.25) is 0 Å². The molecule has 3 N–H and O–H groups in total. The number of aliphatic hydroxyl groups excluding tert-OH is 1. The predicted octanol–water partition coefficient (Wildman–Crippen LogP) is 0.786. The quantitative estimate of drug-likeness (QED) is 0.717. The molecule has 0 saturated heterocycles. The Morgan fingerprint density at radius 3 is 2.81 bits per heavy atom. The highest BCUT2D eigenvalue weighted by Gasteiger charge is 2.17. The summed E-state index contributed by atoms with van der Waals surface area (Å²) in [6.45, 7) is 4.44. The van der Waals surface area contributed by atoms with Crippen LogP contribution in [-0.2, 0) is 0 Å². The van der Waals surface area contributed by atoms with Gasteiger partial charge in [-0.3, -0.25) is 9.88 Å². The summed E-state index contributed by atoms with van der Waals surface area (Å²) in [6.07, 6.45) is 4.65. The van der Waals surface area contributed by atoms with Crippen molar-refractivity contribution in [3.8, 4) is 0 Å². The summed E-state index contributed by atoms with van der Waals surface area (Å²) < 4.78 is 0. The van der Waals surface area contributed by atoms with E-state index in [1.165, 1.54) is 0 Å². The summed E-state index contributed by atoms with van der Waals surface area (Å²) in [5, 5.41) is 9.06. The SMILES string of the molecule is CCCN(CCO)C(CN)c1cccnc1. The molecule has 1 heterocycles. The maximum Gasteiger partial charge on any atom is 0.0558 e. The third-order valence-electron chi connectivity index (χ3n) is 2.63. The molecule has 1 atom stereocenters. The number of nitrogens with zero attached hydrogens (tertiary/aromatic N) is 2. The van der Waals surface area contributed by atoms with Gasteiger partial charge in [0.05, 0.1) is 6.61 Å². The highest BCUT2D eigenvalue weighted by atomic mass is 16.3. The minimum atomic E-state index is 0.154. The highest BCUT2D eigenvalue weighted by Crippen LogP contribution is 2.18. The van der Waals surface area contributed by atoms with Gasteiger partial charge in [0, 0.05) is 31.5 Å². The van der Waals surface area contributed by atoms with Crippen molar-refractivity contribution in [3.05, 3.63) is 30.1 Å². The molecule has 0 spiro atoms. The van der Waals surface area contributed by atoms with Gasteiger partial charge in [-0.2, -0.15) is 0 Å². The summed E-state index contributed by atoms with van der Waals surface area (Å²) in [4.78, 5) is 6.32. The van der Waals surface area contributed by atoms with Crippen molar-refractivity contribution in [2.24, 2.45) is 5.73 Å². The zero-order chi connectivity index (χ0) is 11.8. The molecule has 16 heavy (non-hydrogen) atoms. The van der Waals surface area contributed by atoms with Crippen molar-refractivity contribution < 1.29 is 5.11 Å². The van der Waals surface area contributed by atoms with Crippen LogP contribution in [-0.4, -0.2) is 41.2 Å². The summed E-state index contributed by atoms with van der Waals surface area (Å²) in [5.74, 6) is 0. The second kappa shape index (κ2) is 7.33. The highest BCUT2D eigenvalue weighted by molar-refractivity contribution is 5.14. The molecule has 0 aliphatic rings. The largest absolute Gasteiger partial charge is 0.395 e. The molecule has 1 aromatic heterocycles. The Labute approximate surface area is 97.1 Å². The molecule has 0 saturated carbocycles. The van der Waals surface area contributed by atoms with Gasteiger partial charge >= 0.3 is 0 Å². The summed E-state index contributed by atoms with van der Waals surface area (Å²) >= 11 is 0. The number of hydrogen-bond donors (Lipinski definition) is 2. The van der Waals surface area contributed by atoms with E-state index in [0.29, 0.717) is 13.1 Å². The van der Waals surface area contributed by atoms with Crippen LogP contribution in [0.15, 0.2) is 24.5 Å². The van der Waals surface area contributed by atoms with Gasteiger partial charge in [-0.25, -0.2) is 0 Å². The van der Waals surface area contributed by atoms with Gasteiger partial charge in [-0.1, -0.05) is 13.0 Å². The monoisotopic (exact) mass is 223 g/mol. The molecule has 1 unspecified atom stereocenters. The smallest absolute Gasteiger partial charge is 0.0558 e. The van der Waals surface area contributed by atoms with Crippen molar-refractivity contribution in [1.82, 2.24) is 9.88 Å². The van der Waals surface area contributed by atoms with Crippen LogP contribution in [0.4, 0.5) is 0 Å². The zero-order valence-electron chi connectivity index (χ0n) is 9.84. The van der Waals surface area contributed by atoms with E-state index in [4.69, 9.17) is 10.8 Å². The van der Waals surface area contributed by atoms with E-state index < -0.39 is 0 Å². The van der Waals surface area contributed by atoms with Gasteiger partial charge in [0.25, 0.3) is 0 Å². The van der Waals surface area contributed by atoms with Gasteiger partial charge in [-0.05, 0) is 24.6 Å². The molecular formula is C12H21N3O. The molecule has 0 bridgehead atoms. The molecular weight excluding hydrogens is 202 g/mol. The fourth-order valence-electron chi connectivity index (χ4n) is 1.91. The molecule has 0 aliphatic carbocycles. The molecule has 0 amide bonds. The summed E-state index contributed by atoms with van der Waals surface area (Å²) in [7, 11) is 0. The Morgan fingerprint density at radius 2 is 2.31 bits per heavy atom. The third kappa shape index (κ3) is 3.56.